The summed E-state index contributed by atoms with van der Waals surface area (Å²) in [5.41, 5.74) is 1.75. The van der Waals surface area contributed by atoms with Crippen molar-refractivity contribution in [2.24, 2.45) is 11.8 Å². The molecular formula is C15H20N4O. The molecule has 0 N–H and O–H groups in total. The van der Waals surface area contributed by atoms with E-state index in [1.54, 1.807) is 4.68 Å². The molecule has 1 amide bonds. The first-order valence-corrected chi connectivity index (χ1v) is 7.19. The quantitative estimate of drug-likeness (QED) is 0.839. The number of amides is 1. The van der Waals surface area contributed by atoms with Crippen molar-refractivity contribution < 1.29 is 4.79 Å². The molecule has 0 radical (unpaired) electrons. The van der Waals surface area contributed by atoms with Gasteiger partial charge in [0.1, 0.15) is 12.1 Å². The van der Waals surface area contributed by atoms with Crippen molar-refractivity contribution >= 4 is 16.9 Å². The van der Waals surface area contributed by atoms with E-state index >= 15 is 0 Å². The third kappa shape index (κ3) is 2.53. The van der Waals surface area contributed by atoms with Gasteiger partial charge in [-0.25, -0.2) is 4.68 Å². The van der Waals surface area contributed by atoms with Crippen LogP contribution in [0.5, 0.6) is 0 Å². The van der Waals surface area contributed by atoms with E-state index in [0.717, 1.165) is 24.1 Å². The van der Waals surface area contributed by atoms with Gasteiger partial charge in [0, 0.05) is 13.1 Å². The molecule has 1 fully saturated rings. The first kappa shape index (κ1) is 13.1. The van der Waals surface area contributed by atoms with Crippen molar-refractivity contribution in [3.8, 4) is 0 Å². The maximum Gasteiger partial charge on any atom is 0.244 e. The average molecular weight is 272 g/mol. The highest BCUT2D eigenvalue weighted by Gasteiger charge is 2.25. The first-order chi connectivity index (χ1) is 9.63. The van der Waals surface area contributed by atoms with E-state index in [1.165, 1.54) is 6.42 Å². The number of fused-ring (bicyclic) bond motifs is 1. The molecule has 1 aromatic heterocycles. The van der Waals surface area contributed by atoms with E-state index < -0.39 is 0 Å². The van der Waals surface area contributed by atoms with Crippen molar-refractivity contribution in [2.75, 3.05) is 13.1 Å². The third-order valence-electron chi connectivity index (χ3n) is 3.93. The van der Waals surface area contributed by atoms with Crippen LogP contribution in [-0.2, 0) is 11.3 Å². The minimum atomic E-state index is 0.138. The summed E-state index contributed by atoms with van der Waals surface area (Å²) in [7, 11) is 0. The van der Waals surface area contributed by atoms with Gasteiger partial charge in [0.05, 0.1) is 5.52 Å². The molecule has 3 rings (SSSR count). The smallest absolute Gasteiger partial charge is 0.244 e. The van der Waals surface area contributed by atoms with Crippen LogP contribution in [0.3, 0.4) is 0 Å². The van der Waals surface area contributed by atoms with E-state index in [0.29, 0.717) is 11.8 Å². The fourth-order valence-electron chi connectivity index (χ4n) is 3.13. The molecule has 2 atom stereocenters. The molecule has 5 nitrogen and oxygen atoms in total. The number of likely N-dealkylation sites (tertiary alicyclic amines) is 1. The number of hydrogen-bond donors (Lipinski definition) is 0. The highest BCUT2D eigenvalue weighted by molar-refractivity contribution is 5.79. The molecule has 1 saturated heterocycles. The van der Waals surface area contributed by atoms with E-state index in [9.17, 15) is 4.79 Å². The maximum absolute atomic E-state index is 12.4. The van der Waals surface area contributed by atoms with Gasteiger partial charge in [-0.15, -0.1) is 5.10 Å². The van der Waals surface area contributed by atoms with Gasteiger partial charge < -0.3 is 4.90 Å². The third-order valence-corrected chi connectivity index (χ3v) is 3.93. The van der Waals surface area contributed by atoms with E-state index in [1.807, 2.05) is 29.2 Å². The van der Waals surface area contributed by atoms with Gasteiger partial charge >= 0.3 is 0 Å². The zero-order chi connectivity index (χ0) is 14.1. The summed E-state index contributed by atoms with van der Waals surface area (Å²) in [4.78, 5) is 14.4. The van der Waals surface area contributed by atoms with Gasteiger partial charge in [0.15, 0.2) is 0 Å². The van der Waals surface area contributed by atoms with Crippen LogP contribution in [0.2, 0.25) is 0 Å². The number of nitrogens with zero attached hydrogens (tertiary/aromatic N) is 4. The Morgan fingerprint density at radius 3 is 2.70 bits per heavy atom. The van der Waals surface area contributed by atoms with Gasteiger partial charge in [-0.1, -0.05) is 31.2 Å². The van der Waals surface area contributed by atoms with Crippen molar-refractivity contribution in [3.63, 3.8) is 0 Å². The molecule has 0 bridgehead atoms. The van der Waals surface area contributed by atoms with Crippen LogP contribution in [-0.4, -0.2) is 38.9 Å². The normalized spacial score (nSPS) is 23.2. The lowest BCUT2D eigenvalue weighted by Gasteiger charge is -2.35. The summed E-state index contributed by atoms with van der Waals surface area (Å²) in [6.07, 6.45) is 1.20. The maximum atomic E-state index is 12.4. The molecule has 2 heterocycles. The van der Waals surface area contributed by atoms with Crippen molar-refractivity contribution in [3.05, 3.63) is 24.3 Å². The fraction of sp³-hybridized carbons (Fsp3) is 0.533. The van der Waals surface area contributed by atoms with Gasteiger partial charge in [-0.3, -0.25) is 4.79 Å². The summed E-state index contributed by atoms with van der Waals surface area (Å²) in [5, 5.41) is 8.18. The Bertz CT molecular complexity index is 611. The minimum Gasteiger partial charge on any atom is -0.341 e. The molecule has 0 spiro atoms. The Labute approximate surface area is 118 Å². The lowest BCUT2D eigenvalue weighted by Crippen LogP contribution is -2.44. The highest BCUT2D eigenvalue weighted by Crippen LogP contribution is 2.21. The first-order valence-electron chi connectivity index (χ1n) is 7.19. The van der Waals surface area contributed by atoms with Crippen LogP contribution in [0, 0.1) is 11.8 Å². The fourth-order valence-corrected chi connectivity index (χ4v) is 3.13. The van der Waals surface area contributed by atoms with Crippen molar-refractivity contribution in [1.82, 2.24) is 19.9 Å². The lowest BCUT2D eigenvalue weighted by atomic mass is 9.92. The Balaban J connectivity index is 1.75. The zero-order valence-corrected chi connectivity index (χ0v) is 12.0. The number of para-hydroxylation sites is 1. The summed E-state index contributed by atoms with van der Waals surface area (Å²) in [6.45, 7) is 6.41. The largest absolute Gasteiger partial charge is 0.341 e. The summed E-state index contributed by atoms with van der Waals surface area (Å²) >= 11 is 0. The Morgan fingerprint density at radius 2 is 1.95 bits per heavy atom. The summed E-state index contributed by atoms with van der Waals surface area (Å²) in [5.74, 6) is 1.30. The van der Waals surface area contributed by atoms with E-state index in [4.69, 9.17) is 0 Å². The molecule has 20 heavy (non-hydrogen) atoms. The molecule has 1 aliphatic rings. The van der Waals surface area contributed by atoms with Crippen LogP contribution in [0.25, 0.3) is 11.0 Å². The number of carbonyl (C=O) groups is 1. The molecule has 2 aromatic rings. The second kappa shape index (κ2) is 5.23. The van der Waals surface area contributed by atoms with E-state index in [-0.39, 0.29) is 12.5 Å². The predicted octanol–water partition coefficient (Wildman–Crippen LogP) is 1.94. The van der Waals surface area contributed by atoms with Gasteiger partial charge in [0.2, 0.25) is 5.91 Å². The predicted molar refractivity (Wildman–Crippen MR) is 77.1 cm³/mol. The van der Waals surface area contributed by atoms with Gasteiger partial charge in [0.25, 0.3) is 0 Å². The second-order valence-electron chi connectivity index (χ2n) is 5.98. The number of hydrogen-bond acceptors (Lipinski definition) is 3. The topological polar surface area (TPSA) is 51.0 Å². The monoisotopic (exact) mass is 272 g/mol. The van der Waals surface area contributed by atoms with Gasteiger partial charge in [-0.2, -0.15) is 0 Å². The average Bonchev–Trinajstić information content (AvgIpc) is 2.81. The SMILES string of the molecule is C[C@H]1C[C@H](C)CN(C(=O)Cn2nnc3ccccc32)C1. The molecule has 106 valence electrons. The van der Waals surface area contributed by atoms with Crippen LogP contribution in [0.15, 0.2) is 24.3 Å². The van der Waals surface area contributed by atoms with E-state index in [2.05, 4.69) is 24.2 Å². The standard InChI is InChI=1S/C15H20N4O/c1-11-7-12(2)9-18(8-11)15(20)10-19-14-6-4-3-5-13(14)16-17-19/h3-6,11-12H,7-10H2,1-2H3/t11-,12-/m0/s1. The molecule has 5 heteroatoms. The lowest BCUT2D eigenvalue weighted by molar-refractivity contribution is -0.134. The van der Waals surface area contributed by atoms with Gasteiger partial charge in [-0.05, 0) is 30.4 Å². The molecule has 1 aromatic carbocycles. The minimum absolute atomic E-state index is 0.138. The van der Waals surface area contributed by atoms with Crippen molar-refractivity contribution in [1.29, 1.82) is 0 Å². The number of rotatable bonds is 2. The van der Waals surface area contributed by atoms with Crippen LogP contribution >= 0.6 is 0 Å². The summed E-state index contributed by atoms with van der Waals surface area (Å²) < 4.78 is 1.70. The second-order valence-corrected chi connectivity index (χ2v) is 5.98. The number of carbonyl (C=O) groups excluding carboxylic acids is 1. The summed E-state index contributed by atoms with van der Waals surface area (Å²) in [6, 6.07) is 7.73. The number of aromatic nitrogens is 3. The highest BCUT2D eigenvalue weighted by atomic mass is 16.2. The number of piperidine rings is 1. The molecule has 0 unspecified atom stereocenters. The van der Waals surface area contributed by atoms with Crippen LogP contribution in [0.4, 0.5) is 0 Å². The zero-order valence-electron chi connectivity index (χ0n) is 12.0. The number of benzene rings is 1. The Hall–Kier alpha value is -1.91. The molecule has 0 saturated carbocycles. The Kier molecular flexibility index (Phi) is 3.42. The Morgan fingerprint density at radius 1 is 1.25 bits per heavy atom. The van der Waals surface area contributed by atoms with Crippen LogP contribution < -0.4 is 0 Å². The molecule has 1 aliphatic heterocycles. The molecule has 0 aliphatic carbocycles. The van der Waals surface area contributed by atoms with Crippen molar-refractivity contribution in [2.45, 2.75) is 26.8 Å². The van der Waals surface area contributed by atoms with Crippen LogP contribution in [0.1, 0.15) is 20.3 Å². The molecular weight excluding hydrogens is 252 g/mol.